The molecule has 0 bridgehead atoms. The number of benzene rings is 6. The Bertz CT molecular complexity index is 2180. The molecule has 49 heavy (non-hydrogen) atoms. The standard InChI is InChI=1S/C47H42N2/c1-3-13-33(14-4-1)48-35-23-24-38-37-17-7-8-20-40(37)46(42(38)31-35)29-25-32(26-30-46)36-18-11-21-41-44(36)39-19-12-22-43(49-34-15-5-2-6-16-34)45(39)47(41)27-9-10-28-47/h1-8,11-24,31-32,48-49H,9-10,25-30H2. The minimum absolute atomic E-state index is 0.0616. The topological polar surface area (TPSA) is 24.1 Å². The minimum Gasteiger partial charge on any atom is -0.356 e. The Morgan fingerprint density at radius 1 is 0.449 bits per heavy atom. The van der Waals surface area contributed by atoms with E-state index in [9.17, 15) is 0 Å². The summed E-state index contributed by atoms with van der Waals surface area (Å²) in [5.41, 5.74) is 18.6. The van der Waals surface area contributed by atoms with Gasteiger partial charge in [-0.05, 0) is 137 Å². The van der Waals surface area contributed by atoms with Crippen LogP contribution in [-0.4, -0.2) is 0 Å². The van der Waals surface area contributed by atoms with Crippen molar-refractivity contribution >= 4 is 22.7 Å². The molecule has 6 aromatic rings. The molecular formula is C47H42N2. The lowest BCUT2D eigenvalue weighted by atomic mass is 9.63. The molecule has 0 unspecified atom stereocenters. The highest BCUT2D eigenvalue weighted by Crippen LogP contribution is 2.63. The predicted molar refractivity (Wildman–Crippen MR) is 204 cm³/mol. The molecule has 0 radical (unpaired) electrons. The first-order valence-corrected chi connectivity index (χ1v) is 18.4. The molecule has 4 aliphatic rings. The summed E-state index contributed by atoms with van der Waals surface area (Å²) in [7, 11) is 0. The Labute approximate surface area is 290 Å². The summed E-state index contributed by atoms with van der Waals surface area (Å²) < 4.78 is 0. The van der Waals surface area contributed by atoms with E-state index in [4.69, 9.17) is 0 Å². The van der Waals surface area contributed by atoms with Crippen LogP contribution >= 0.6 is 0 Å². The molecule has 2 heteroatoms. The van der Waals surface area contributed by atoms with Crippen LogP contribution in [-0.2, 0) is 10.8 Å². The van der Waals surface area contributed by atoms with Gasteiger partial charge in [0.05, 0.1) is 0 Å². The molecule has 10 rings (SSSR count). The Kier molecular flexibility index (Phi) is 6.63. The van der Waals surface area contributed by atoms with E-state index in [1.165, 1.54) is 90.6 Å². The summed E-state index contributed by atoms with van der Waals surface area (Å²) in [6.45, 7) is 0. The molecule has 2 N–H and O–H groups in total. The van der Waals surface area contributed by atoms with Crippen LogP contribution < -0.4 is 10.6 Å². The van der Waals surface area contributed by atoms with Crippen molar-refractivity contribution in [3.05, 3.63) is 167 Å². The second-order valence-corrected chi connectivity index (χ2v) is 14.9. The van der Waals surface area contributed by atoms with Crippen LogP contribution in [0.15, 0.2) is 140 Å². The Hall–Kier alpha value is -5.08. The lowest BCUT2D eigenvalue weighted by Gasteiger charge is -2.40. The van der Waals surface area contributed by atoms with Gasteiger partial charge < -0.3 is 10.6 Å². The van der Waals surface area contributed by atoms with Crippen molar-refractivity contribution < 1.29 is 0 Å². The molecule has 0 amide bonds. The van der Waals surface area contributed by atoms with Crippen molar-refractivity contribution in [3.63, 3.8) is 0 Å². The summed E-state index contributed by atoms with van der Waals surface area (Å²) in [5, 5.41) is 7.55. The van der Waals surface area contributed by atoms with E-state index in [0.717, 1.165) is 11.4 Å². The van der Waals surface area contributed by atoms with Crippen LogP contribution in [0.4, 0.5) is 22.7 Å². The van der Waals surface area contributed by atoms with E-state index in [0.29, 0.717) is 5.92 Å². The van der Waals surface area contributed by atoms with Gasteiger partial charge in [-0.15, -0.1) is 0 Å². The molecule has 0 heterocycles. The van der Waals surface area contributed by atoms with Crippen LogP contribution in [0.1, 0.15) is 85.1 Å². The smallest absolute Gasteiger partial charge is 0.0432 e. The average molecular weight is 635 g/mol. The van der Waals surface area contributed by atoms with Gasteiger partial charge in [0, 0.05) is 33.6 Å². The van der Waals surface area contributed by atoms with Crippen molar-refractivity contribution in [2.75, 3.05) is 10.6 Å². The monoisotopic (exact) mass is 634 g/mol. The molecule has 2 spiro atoms. The molecule has 0 aromatic heterocycles. The fourth-order valence-electron chi connectivity index (χ4n) is 10.5. The van der Waals surface area contributed by atoms with Crippen LogP contribution in [0.5, 0.6) is 0 Å². The first-order valence-electron chi connectivity index (χ1n) is 18.4. The predicted octanol–water partition coefficient (Wildman–Crippen LogP) is 12.6. The van der Waals surface area contributed by atoms with Gasteiger partial charge in [0.25, 0.3) is 0 Å². The van der Waals surface area contributed by atoms with E-state index in [2.05, 4.69) is 150 Å². The molecule has 2 nitrogen and oxygen atoms in total. The normalized spacial score (nSPS) is 20.9. The first-order chi connectivity index (χ1) is 24.2. The van der Waals surface area contributed by atoms with E-state index in [1.807, 2.05) is 0 Å². The quantitative estimate of drug-likeness (QED) is 0.197. The maximum absolute atomic E-state index is 3.86. The van der Waals surface area contributed by atoms with Gasteiger partial charge >= 0.3 is 0 Å². The average Bonchev–Trinajstić information content (AvgIpc) is 3.83. The van der Waals surface area contributed by atoms with Gasteiger partial charge in [0.2, 0.25) is 0 Å². The summed E-state index contributed by atoms with van der Waals surface area (Å²) in [4.78, 5) is 0. The van der Waals surface area contributed by atoms with E-state index in [1.54, 1.807) is 22.3 Å². The number of anilines is 4. The summed E-state index contributed by atoms with van der Waals surface area (Å²) >= 11 is 0. The molecule has 0 atom stereocenters. The van der Waals surface area contributed by atoms with Gasteiger partial charge in [-0.2, -0.15) is 0 Å². The highest BCUT2D eigenvalue weighted by atomic mass is 14.9. The van der Waals surface area contributed by atoms with Gasteiger partial charge in [-0.3, -0.25) is 0 Å². The van der Waals surface area contributed by atoms with Crippen LogP contribution in [0.3, 0.4) is 0 Å². The fraction of sp³-hybridized carbons (Fsp3) is 0.234. The summed E-state index contributed by atoms with van der Waals surface area (Å²) in [6.07, 6.45) is 9.83. The minimum atomic E-state index is 0.0616. The van der Waals surface area contributed by atoms with Crippen LogP contribution in [0, 0.1) is 0 Å². The van der Waals surface area contributed by atoms with Gasteiger partial charge in [0.1, 0.15) is 0 Å². The Balaban J connectivity index is 1.03. The highest BCUT2D eigenvalue weighted by molar-refractivity contribution is 5.90. The molecule has 2 saturated carbocycles. The second kappa shape index (κ2) is 11.2. The number of rotatable bonds is 5. The largest absolute Gasteiger partial charge is 0.356 e. The van der Waals surface area contributed by atoms with Gasteiger partial charge in [0.15, 0.2) is 0 Å². The van der Waals surface area contributed by atoms with Crippen molar-refractivity contribution in [2.24, 2.45) is 0 Å². The third kappa shape index (κ3) is 4.39. The maximum atomic E-state index is 3.86. The maximum Gasteiger partial charge on any atom is 0.0432 e. The lowest BCUT2D eigenvalue weighted by Crippen LogP contribution is -2.31. The summed E-state index contributed by atoms with van der Waals surface area (Å²) in [6, 6.07) is 52.0. The zero-order chi connectivity index (χ0) is 32.4. The highest BCUT2D eigenvalue weighted by Gasteiger charge is 2.49. The zero-order valence-corrected chi connectivity index (χ0v) is 28.0. The number of hydrogen-bond donors (Lipinski definition) is 2. The molecule has 2 fully saturated rings. The van der Waals surface area contributed by atoms with Gasteiger partial charge in [-0.25, -0.2) is 0 Å². The van der Waals surface area contributed by atoms with Crippen molar-refractivity contribution in [1.82, 2.24) is 0 Å². The molecular weight excluding hydrogens is 593 g/mol. The Morgan fingerprint density at radius 3 is 1.86 bits per heavy atom. The van der Waals surface area contributed by atoms with Crippen molar-refractivity contribution in [3.8, 4) is 22.3 Å². The van der Waals surface area contributed by atoms with Crippen molar-refractivity contribution in [2.45, 2.75) is 68.1 Å². The summed E-state index contributed by atoms with van der Waals surface area (Å²) in [5.74, 6) is 0.553. The molecule has 240 valence electrons. The van der Waals surface area contributed by atoms with Crippen LogP contribution in [0.25, 0.3) is 22.3 Å². The molecule has 6 aromatic carbocycles. The van der Waals surface area contributed by atoms with E-state index < -0.39 is 0 Å². The second-order valence-electron chi connectivity index (χ2n) is 14.9. The number of hydrogen-bond acceptors (Lipinski definition) is 2. The molecule has 4 aliphatic carbocycles. The van der Waals surface area contributed by atoms with Crippen molar-refractivity contribution in [1.29, 1.82) is 0 Å². The van der Waals surface area contributed by atoms with Crippen LogP contribution in [0.2, 0.25) is 0 Å². The number of nitrogens with one attached hydrogen (secondary N) is 2. The van der Waals surface area contributed by atoms with E-state index >= 15 is 0 Å². The van der Waals surface area contributed by atoms with E-state index in [-0.39, 0.29) is 10.8 Å². The van der Waals surface area contributed by atoms with Gasteiger partial charge in [-0.1, -0.05) is 110 Å². The first kappa shape index (κ1) is 28.9. The number of para-hydroxylation sites is 2. The third-order valence-electron chi connectivity index (χ3n) is 12.5. The SMILES string of the molecule is c1ccc(Nc2ccc3c(c2)C2(CCC(c4cccc5c4-c4cccc(Nc6ccccc6)c4C54CCCC4)CC2)c2ccccc2-3)cc1. The fourth-order valence-corrected chi connectivity index (χ4v) is 10.5. The zero-order valence-electron chi connectivity index (χ0n) is 28.0. The lowest BCUT2D eigenvalue weighted by molar-refractivity contribution is 0.321. The third-order valence-corrected chi connectivity index (χ3v) is 12.5. The molecule has 0 aliphatic heterocycles. The molecule has 0 saturated heterocycles. The number of fused-ring (bicyclic) bond motifs is 10. The Morgan fingerprint density at radius 2 is 1.08 bits per heavy atom.